The molecular weight excluding hydrogens is 216 g/mol. The predicted molar refractivity (Wildman–Crippen MR) is 68.8 cm³/mol. The van der Waals surface area contributed by atoms with Gasteiger partial charge < -0.3 is 11.1 Å². The van der Waals surface area contributed by atoms with Crippen LogP contribution in [0.15, 0.2) is 0 Å². The van der Waals surface area contributed by atoms with E-state index in [-0.39, 0.29) is 12.5 Å². The fourth-order valence-electron chi connectivity index (χ4n) is 2.94. The lowest BCUT2D eigenvalue weighted by molar-refractivity contribution is -0.955. The van der Waals surface area contributed by atoms with Crippen LogP contribution in [0.2, 0.25) is 0 Å². The van der Waals surface area contributed by atoms with Crippen LogP contribution in [-0.2, 0) is 4.79 Å². The van der Waals surface area contributed by atoms with Crippen molar-refractivity contribution in [1.29, 1.82) is 0 Å². The molecule has 0 bridgehead atoms. The van der Waals surface area contributed by atoms with E-state index in [1.54, 1.807) is 0 Å². The van der Waals surface area contributed by atoms with E-state index in [1.165, 1.54) is 0 Å². The van der Waals surface area contributed by atoms with Gasteiger partial charge in [-0.05, 0) is 19.9 Å². The maximum Gasteiger partial charge on any atom is 0.274 e. The summed E-state index contributed by atoms with van der Waals surface area (Å²) in [7, 11) is 2.00. The fraction of sp³-hybridized carbons (Fsp3) is 0.917. The summed E-state index contributed by atoms with van der Waals surface area (Å²) in [6.45, 7) is 3.28. The van der Waals surface area contributed by atoms with Gasteiger partial charge in [-0.2, -0.15) is 5.84 Å². The van der Waals surface area contributed by atoms with Gasteiger partial charge in [0, 0.05) is 18.9 Å². The normalized spacial score (nSPS) is 34.3. The molecule has 1 heterocycles. The van der Waals surface area contributed by atoms with Crippen LogP contribution in [0.1, 0.15) is 39.0 Å². The molecule has 0 spiro atoms. The third-order valence-corrected chi connectivity index (χ3v) is 3.89. The minimum Gasteiger partial charge on any atom is -0.365 e. The van der Waals surface area contributed by atoms with Crippen molar-refractivity contribution < 1.29 is 9.39 Å². The number of primary amides is 1. The summed E-state index contributed by atoms with van der Waals surface area (Å²) in [5.41, 5.74) is 5.33. The topological polar surface area (TPSA) is 81.1 Å². The second-order valence-corrected chi connectivity index (χ2v) is 5.26. The Bertz CT molecular complexity index is 259. The van der Waals surface area contributed by atoms with Gasteiger partial charge in [0.25, 0.3) is 5.91 Å². The second-order valence-electron chi connectivity index (χ2n) is 5.26. The highest BCUT2D eigenvalue weighted by Crippen LogP contribution is 2.24. The standard InChI is InChI=1S/C12H26N4O/c1-3-5-11-8-10(15-2)6-4-7-16(11,14)9-12(13)17/h10-11,15H,3-9,14H2,1-2H3,(H-,13,17)/p+1/t10?,11-,16?/m0/s1. The third-order valence-electron chi connectivity index (χ3n) is 3.89. The molecule has 0 saturated carbocycles. The molecule has 1 amide bonds. The summed E-state index contributed by atoms with van der Waals surface area (Å²) in [5, 5.41) is 3.34. The average Bonchev–Trinajstić information content (AvgIpc) is 2.39. The number of hydrogen-bond donors (Lipinski definition) is 3. The summed E-state index contributed by atoms with van der Waals surface area (Å²) in [6.07, 6.45) is 5.37. The first-order valence-corrected chi connectivity index (χ1v) is 6.62. The zero-order chi connectivity index (χ0) is 12.9. The summed E-state index contributed by atoms with van der Waals surface area (Å²) >= 11 is 0. The second kappa shape index (κ2) is 6.33. The lowest BCUT2D eigenvalue weighted by atomic mass is 10.0. The number of likely N-dealkylation sites (tertiary alicyclic amines) is 1. The van der Waals surface area contributed by atoms with Crippen molar-refractivity contribution in [3.8, 4) is 0 Å². The number of nitrogens with one attached hydrogen (secondary N) is 1. The first-order chi connectivity index (χ1) is 8.01. The van der Waals surface area contributed by atoms with Gasteiger partial charge in [-0.15, -0.1) is 0 Å². The van der Waals surface area contributed by atoms with Crippen LogP contribution in [0.4, 0.5) is 0 Å². The van der Waals surface area contributed by atoms with Gasteiger partial charge >= 0.3 is 0 Å². The van der Waals surface area contributed by atoms with Crippen molar-refractivity contribution in [2.45, 2.75) is 51.1 Å². The van der Waals surface area contributed by atoms with Crippen molar-refractivity contribution in [2.24, 2.45) is 11.6 Å². The molecule has 17 heavy (non-hydrogen) atoms. The molecule has 1 fully saturated rings. The molecule has 1 rings (SSSR count). The van der Waals surface area contributed by atoms with E-state index in [9.17, 15) is 4.79 Å². The number of quaternary nitrogens is 1. The quantitative estimate of drug-likeness (QED) is 0.473. The van der Waals surface area contributed by atoms with Crippen LogP contribution in [0.3, 0.4) is 0 Å². The van der Waals surface area contributed by atoms with Gasteiger partial charge in [0.05, 0.1) is 6.54 Å². The van der Waals surface area contributed by atoms with Crippen LogP contribution in [0.25, 0.3) is 0 Å². The Morgan fingerprint density at radius 2 is 2.24 bits per heavy atom. The molecule has 0 aromatic heterocycles. The average molecular weight is 243 g/mol. The number of hydrogen-bond acceptors (Lipinski definition) is 3. The molecule has 1 aliphatic rings. The molecule has 3 atom stereocenters. The highest BCUT2D eigenvalue weighted by molar-refractivity contribution is 5.74. The molecule has 5 heteroatoms. The van der Waals surface area contributed by atoms with E-state index in [1.807, 2.05) is 7.05 Å². The zero-order valence-corrected chi connectivity index (χ0v) is 11.1. The number of rotatable bonds is 5. The molecule has 0 aromatic carbocycles. The summed E-state index contributed by atoms with van der Waals surface area (Å²) in [4.78, 5) is 11.2. The van der Waals surface area contributed by atoms with E-state index in [2.05, 4.69) is 12.2 Å². The smallest absolute Gasteiger partial charge is 0.274 e. The number of carbonyl (C=O) groups excluding carboxylic acids is 1. The van der Waals surface area contributed by atoms with Crippen molar-refractivity contribution >= 4 is 5.91 Å². The van der Waals surface area contributed by atoms with E-state index in [0.717, 1.165) is 38.6 Å². The lowest BCUT2D eigenvalue weighted by Gasteiger charge is -2.38. The van der Waals surface area contributed by atoms with Crippen molar-refractivity contribution in [3.63, 3.8) is 0 Å². The number of carbonyl (C=O) groups is 1. The highest BCUT2D eigenvalue weighted by Gasteiger charge is 2.38. The SMILES string of the molecule is CCC[C@H]1CC(NC)CCC[N+]1(N)CC(N)=O. The highest BCUT2D eigenvalue weighted by atomic mass is 16.1. The minimum atomic E-state index is -0.295. The Labute approximate surface area is 104 Å². The Hall–Kier alpha value is -0.650. The van der Waals surface area contributed by atoms with Gasteiger partial charge in [-0.3, -0.25) is 4.79 Å². The molecule has 5 N–H and O–H groups in total. The summed E-state index contributed by atoms with van der Waals surface area (Å²) in [6, 6.07) is 0.857. The number of nitrogens with two attached hydrogens (primary N) is 2. The first-order valence-electron chi connectivity index (χ1n) is 6.62. The Morgan fingerprint density at radius 3 is 2.76 bits per heavy atom. The third kappa shape index (κ3) is 3.94. The van der Waals surface area contributed by atoms with Crippen LogP contribution in [0, 0.1) is 0 Å². The zero-order valence-electron chi connectivity index (χ0n) is 11.1. The van der Waals surface area contributed by atoms with Crippen LogP contribution in [-0.4, -0.2) is 42.7 Å². The molecule has 1 aliphatic heterocycles. The van der Waals surface area contributed by atoms with Gasteiger partial charge in [-0.25, -0.2) is 4.59 Å². The van der Waals surface area contributed by atoms with Crippen LogP contribution in [0.5, 0.6) is 0 Å². The molecular formula is C12H27N4O+. The minimum absolute atomic E-state index is 0.265. The van der Waals surface area contributed by atoms with Gasteiger partial charge in [0.1, 0.15) is 6.04 Å². The van der Waals surface area contributed by atoms with E-state index in [0.29, 0.717) is 16.7 Å². The van der Waals surface area contributed by atoms with E-state index >= 15 is 0 Å². The largest absolute Gasteiger partial charge is 0.365 e. The molecule has 2 unspecified atom stereocenters. The molecule has 0 aromatic rings. The number of amides is 1. The summed E-state index contributed by atoms with van der Waals surface area (Å²) < 4.78 is 0.335. The number of nitrogens with zero attached hydrogens (tertiary/aromatic N) is 1. The van der Waals surface area contributed by atoms with Crippen molar-refractivity contribution in [3.05, 3.63) is 0 Å². The molecule has 100 valence electrons. The van der Waals surface area contributed by atoms with E-state index < -0.39 is 0 Å². The Morgan fingerprint density at radius 1 is 1.53 bits per heavy atom. The van der Waals surface area contributed by atoms with Crippen molar-refractivity contribution in [1.82, 2.24) is 5.32 Å². The maximum absolute atomic E-state index is 11.2. The molecule has 5 nitrogen and oxygen atoms in total. The molecule has 0 aliphatic carbocycles. The van der Waals surface area contributed by atoms with Crippen LogP contribution >= 0.6 is 0 Å². The molecule has 0 radical (unpaired) electrons. The lowest BCUT2D eigenvalue weighted by Crippen LogP contribution is -2.64. The van der Waals surface area contributed by atoms with Gasteiger partial charge in [0.15, 0.2) is 6.54 Å². The van der Waals surface area contributed by atoms with E-state index in [4.69, 9.17) is 11.6 Å². The van der Waals surface area contributed by atoms with Gasteiger partial charge in [-0.1, -0.05) is 13.3 Å². The monoisotopic (exact) mass is 243 g/mol. The van der Waals surface area contributed by atoms with Crippen molar-refractivity contribution in [2.75, 3.05) is 20.1 Å². The Kier molecular flexibility index (Phi) is 5.36. The first kappa shape index (κ1) is 14.4. The predicted octanol–water partition coefficient (Wildman–Crippen LogP) is 0.103. The summed E-state index contributed by atoms with van der Waals surface area (Å²) in [5.74, 6) is 6.12. The molecule has 1 saturated heterocycles. The Balaban J connectivity index is 2.79. The fourth-order valence-corrected chi connectivity index (χ4v) is 2.94. The maximum atomic E-state index is 11.2. The van der Waals surface area contributed by atoms with Crippen LogP contribution < -0.4 is 16.9 Å². The van der Waals surface area contributed by atoms with Gasteiger partial charge in [0.2, 0.25) is 0 Å².